The molecule has 0 unspecified atom stereocenters. The number of hydrogen-bond donors (Lipinski definition) is 0. The average Bonchev–Trinajstić information content (AvgIpc) is 3.19. The average molecular weight is 340 g/mol. The van der Waals surface area contributed by atoms with E-state index < -0.39 is 5.76 Å². The van der Waals surface area contributed by atoms with Crippen LogP contribution in [0.3, 0.4) is 0 Å². The molecule has 3 aromatic rings. The Morgan fingerprint density at radius 3 is 2.96 bits per heavy atom. The van der Waals surface area contributed by atoms with Gasteiger partial charge < -0.3 is 9.32 Å². The van der Waals surface area contributed by atoms with Crippen molar-refractivity contribution in [1.82, 2.24) is 19.2 Å². The van der Waals surface area contributed by atoms with E-state index in [1.165, 1.54) is 4.57 Å². The van der Waals surface area contributed by atoms with E-state index in [-0.39, 0.29) is 18.4 Å². The predicted octanol–water partition coefficient (Wildman–Crippen LogP) is 1.73. The predicted molar refractivity (Wildman–Crippen MR) is 92.2 cm³/mol. The summed E-state index contributed by atoms with van der Waals surface area (Å²) in [4.78, 5) is 26.6. The number of benzene rings is 1. The first-order chi connectivity index (χ1) is 12.1. The van der Waals surface area contributed by atoms with E-state index in [9.17, 15) is 9.59 Å². The summed E-state index contributed by atoms with van der Waals surface area (Å²) in [6, 6.07) is 9.17. The number of rotatable bonds is 3. The highest BCUT2D eigenvalue weighted by atomic mass is 16.4. The van der Waals surface area contributed by atoms with Crippen molar-refractivity contribution in [3.8, 4) is 0 Å². The summed E-state index contributed by atoms with van der Waals surface area (Å²) in [6.45, 7) is 1.36. The first-order valence-corrected chi connectivity index (χ1v) is 8.47. The van der Waals surface area contributed by atoms with E-state index in [0.717, 1.165) is 18.5 Å². The van der Waals surface area contributed by atoms with Crippen LogP contribution in [0.5, 0.6) is 0 Å². The third kappa shape index (κ3) is 2.97. The highest BCUT2D eigenvalue weighted by Crippen LogP contribution is 2.25. The van der Waals surface area contributed by atoms with Gasteiger partial charge in [-0.1, -0.05) is 12.1 Å². The van der Waals surface area contributed by atoms with Crippen molar-refractivity contribution in [2.75, 3.05) is 13.1 Å². The molecule has 4 rings (SSSR count). The van der Waals surface area contributed by atoms with Crippen LogP contribution in [-0.2, 0) is 18.4 Å². The van der Waals surface area contributed by atoms with Gasteiger partial charge in [-0.25, -0.2) is 4.79 Å². The van der Waals surface area contributed by atoms with Gasteiger partial charge in [0.2, 0.25) is 5.91 Å². The Morgan fingerprint density at radius 2 is 2.16 bits per heavy atom. The molecule has 1 aliphatic rings. The van der Waals surface area contributed by atoms with E-state index in [2.05, 4.69) is 5.10 Å². The molecule has 3 heterocycles. The maximum absolute atomic E-state index is 12.7. The fraction of sp³-hybridized carbons (Fsp3) is 0.389. The Balaban J connectivity index is 1.52. The van der Waals surface area contributed by atoms with Crippen LogP contribution < -0.4 is 5.76 Å². The lowest BCUT2D eigenvalue weighted by atomic mass is 9.95. The molecule has 1 atom stereocenters. The van der Waals surface area contributed by atoms with Gasteiger partial charge in [-0.2, -0.15) is 5.10 Å². The number of fused-ring (bicyclic) bond motifs is 1. The topological polar surface area (TPSA) is 73.3 Å². The van der Waals surface area contributed by atoms with Crippen LogP contribution in [-0.4, -0.2) is 38.2 Å². The van der Waals surface area contributed by atoms with Gasteiger partial charge in [0.05, 0.1) is 11.2 Å². The SMILES string of the molecule is Cn1ccc([C@@H]2CCCN(C(=O)Cn3c(=O)oc4ccccc43)C2)n1. The Kier molecular flexibility index (Phi) is 3.91. The highest BCUT2D eigenvalue weighted by Gasteiger charge is 2.27. The second kappa shape index (κ2) is 6.23. The van der Waals surface area contributed by atoms with E-state index >= 15 is 0 Å². The number of carbonyl (C=O) groups is 1. The van der Waals surface area contributed by atoms with Gasteiger partial charge in [0.1, 0.15) is 6.54 Å². The Morgan fingerprint density at radius 1 is 1.32 bits per heavy atom. The zero-order chi connectivity index (χ0) is 17.4. The van der Waals surface area contributed by atoms with Gasteiger partial charge in [-0.3, -0.25) is 14.0 Å². The van der Waals surface area contributed by atoms with Crippen molar-refractivity contribution in [1.29, 1.82) is 0 Å². The molecule has 1 aliphatic heterocycles. The van der Waals surface area contributed by atoms with Crippen LogP contribution in [0.1, 0.15) is 24.5 Å². The Hall–Kier alpha value is -2.83. The summed E-state index contributed by atoms with van der Waals surface area (Å²) in [5.41, 5.74) is 2.18. The molecule has 0 aliphatic carbocycles. The van der Waals surface area contributed by atoms with Crippen molar-refractivity contribution in [2.45, 2.75) is 25.3 Å². The Labute approximate surface area is 144 Å². The second-order valence-electron chi connectivity index (χ2n) is 6.52. The number of para-hydroxylation sites is 2. The molecule has 0 bridgehead atoms. The molecule has 130 valence electrons. The van der Waals surface area contributed by atoms with Crippen LogP contribution in [0.15, 0.2) is 45.7 Å². The molecule has 25 heavy (non-hydrogen) atoms. The van der Waals surface area contributed by atoms with E-state index in [1.807, 2.05) is 30.3 Å². The number of oxazole rings is 1. The summed E-state index contributed by atoms with van der Waals surface area (Å²) in [6.07, 6.45) is 3.89. The van der Waals surface area contributed by atoms with Crippen LogP contribution in [0.4, 0.5) is 0 Å². The van der Waals surface area contributed by atoms with Crippen LogP contribution >= 0.6 is 0 Å². The molecule has 0 spiro atoms. The number of hydrogen-bond acceptors (Lipinski definition) is 4. The Bertz CT molecular complexity index is 968. The fourth-order valence-electron chi connectivity index (χ4n) is 3.49. The van der Waals surface area contributed by atoms with Crippen LogP contribution in [0.25, 0.3) is 11.1 Å². The number of carbonyl (C=O) groups excluding carboxylic acids is 1. The number of piperidine rings is 1. The summed E-state index contributed by atoms with van der Waals surface area (Å²) < 4.78 is 8.39. The quantitative estimate of drug-likeness (QED) is 0.728. The maximum Gasteiger partial charge on any atom is 0.420 e. The molecule has 7 nitrogen and oxygen atoms in total. The molecule has 1 fully saturated rings. The molecule has 1 aromatic carbocycles. The van der Waals surface area contributed by atoms with E-state index in [4.69, 9.17) is 4.42 Å². The van der Waals surface area contributed by atoms with Crippen molar-refractivity contribution < 1.29 is 9.21 Å². The lowest BCUT2D eigenvalue weighted by molar-refractivity contribution is -0.133. The minimum atomic E-state index is -0.493. The molecule has 0 saturated carbocycles. The molecule has 1 amide bonds. The maximum atomic E-state index is 12.7. The molecule has 0 N–H and O–H groups in total. The monoisotopic (exact) mass is 340 g/mol. The molecule has 0 radical (unpaired) electrons. The molecule has 2 aromatic heterocycles. The first kappa shape index (κ1) is 15.7. The summed E-state index contributed by atoms with van der Waals surface area (Å²) >= 11 is 0. The van der Waals surface area contributed by atoms with Gasteiger partial charge >= 0.3 is 5.76 Å². The number of aromatic nitrogens is 3. The summed E-state index contributed by atoms with van der Waals surface area (Å²) in [5.74, 6) is -0.307. The lowest BCUT2D eigenvalue weighted by Gasteiger charge is -2.32. The second-order valence-corrected chi connectivity index (χ2v) is 6.52. The molecule has 7 heteroatoms. The van der Waals surface area contributed by atoms with E-state index in [1.54, 1.807) is 22.9 Å². The summed E-state index contributed by atoms with van der Waals surface area (Å²) in [5, 5.41) is 4.47. The van der Waals surface area contributed by atoms with E-state index in [0.29, 0.717) is 24.2 Å². The van der Waals surface area contributed by atoms with Crippen LogP contribution in [0.2, 0.25) is 0 Å². The van der Waals surface area contributed by atoms with Gasteiger partial charge in [-0.15, -0.1) is 0 Å². The van der Waals surface area contributed by atoms with Crippen molar-refractivity contribution >= 4 is 17.0 Å². The lowest BCUT2D eigenvalue weighted by Crippen LogP contribution is -2.41. The van der Waals surface area contributed by atoms with Gasteiger partial charge in [0.15, 0.2) is 5.58 Å². The standard InChI is InChI=1S/C18H20N4O3/c1-20-10-8-14(19-20)13-5-4-9-21(11-13)17(23)12-22-15-6-2-3-7-16(15)25-18(22)24/h2-3,6-8,10,13H,4-5,9,11-12H2,1H3/t13-/m1/s1. The molecular formula is C18H20N4O3. The molecular weight excluding hydrogens is 320 g/mol. The van der Waals surface area contributed by atoms with Gasteiger partial charge in [0, 0.05) is 32.3 Å². The molecule has 1 saturated heterocycles. The van der Waals surface area contributed by atoms with Crippen molar-refractivity contribution in [2.24, 2.45) is 7.05 Å². The normalized spacial score (nSPS) is 18.0. The zero-order valence-corrected chi connectivity index (χ0v) is 14.1. The number of amides is 1. The number of likely N-dealkylation sites (tertiary alicyclic amines) is 1. The minimum Gasteiger partial charge on any atom is -0.408 e. The smallest absolute Gasteiger partial charge is 0.408 e. The van der Waals surface area contributed by atoms with Crippen molar-refractivity contribution in [3.05, 3.63) is 52.8 Å². The van der Waals surface area contributed by atoms with Gasteiger partial charge in [0.25, 0.3) is 0 Å². The number of aryl methyl sites for hydroxylation is 1. The largest absolute Gasteiger partial charge is 0.420 e. The highest BCUT2D eigenvalue weighted by molar-refractivity contribution is 5.79. The fourth-order valence-corrected chi connectivity index (χ4v) is 3.49. The van der Waals surface area contributed by atoms with Crippen LogP contribution in [0, 0.1) is 0 Å². The minimum absolute atomic E-state index is 0.00475. The van der Waals surface area contributed by atoms with Crippen molar-refractivity contribution in [3.63, 3.8) is 0 Å². The third-order valence-electron chi connectivity index (χ3n) is 4.79. The first-order valence-electron chi connectivity index (χ1n) is 8.47. The van der Waals surface area contributed by atoms with Gasteiger partial charge in [-0.05, 0) is 31.0 Å². The zero-order valence-electron chi connectivity index (χ0n) is 14.1. The summed E-state index contributed by atoms with van der Waals surface area (Å²) in [7, 11) is 1.89. The number of nitrogens with zero attached hydrogens (tertiary/aromatic N) is 4. The third-order valence-corrected chi connectivity index (χ3v) is 4.79.